The molecule has 0 saturated carbocycles. The topological polar surface area (TPSA) is 108 Å². The zero-order valence-corrected chi connectivity index (χ0v) is 27.8. The fourth-order valence-corrected chi connectivity index (χ4v) is 5.94. The molecule has 1 amide bonds. The third-order valence-corrected chi connectivity index (χ3v) is 8.42. The van der Waals surface area contributed by atoms with E-state index in [1.165, 1.54) is 19.8 Å². The molecule has 0 aliphatic heterocycles. The SMILES string of the molecule is COC(=O)c1ccc2c(c1)C(N)C(C)(C)C2.COC(=O)c1ccc2c(c1)C(NC(=O)c1ccccc1Cl)C(C)(C)C2.I. The Bertz CT molecular complexity index is 1500. The lowest BCUT2D eigenvalue weighted by atomic mass is 9.85. The lowest BCUT2D eigenvalue weighted by Gasteiger charge is -2.28. The number of methoxy groups -OCH3 is 2. The quantitative estimate of drug-likeness (QED) is 0.227. The molecule has 0 fully saturated rings. The lowest BCUT2D eigenvalue weighted by molar-refractivity contribution is 0.0591. The van der Waals surface area contributed by atoms with E-state index in [9.17, 15) is 14.4 Å². The van der Waals surface area contributed by atoms with E-state index in [2.05, 4.69) is 33.0 Å². The fraction of sp³-hybridized carbons (Fsp3) is 0.364. The second kappa shape index (κ2) is 13.1. The number of amides is 1. The van der Waals surface area contributed by atoms with Crippen molar-refractivity contribution in [3.8, 4) is 0 Å². The van der Waals surface area contributed by atoms with Crippen LogP contribution in [0.1, 0.15) is 93.1 Å². The molecular weight excluding hydrogens is 667 g/mol. The van der Waals surface area contributed by atoms with Crippen molar-refractivity contribution >= 4 is 53.4 Å². The van der Waals surface area contributed by atoms with Gasteiger partial charge in [0.15, 0.2) is 0 Å². The highest BCUT2D eigenvalue weighted by Gasteiger charge is 2.40. The monoisotopic (exact) mass is 704 g/mol. The van der Waals surface area contributed by atoms with E-state index in [1.54, 1.807) is 36.4 Å². The number of carbonyl (C=O) groups is 3. The van der Waals surface area contributed by atoms with Gasteiger partial charge >= 0.3 is 11.9 Å². The number of halogens is 2. The third kappa shape index (κ3) is 6.82. The Morgan fingerprint density at radius 2 is 1.31 bits per heavy atom. The second-order valence-corrected chi connectivity index (χ2v) is 12.4. The van der Waals surface area contributed by atoms with Gasteiger partial charge in [-0.1, -0.05) is 63.6 Å². The molecule has 2 aliphatic rings. The number of carbonyl (C=O) groups excluding carboxylic acids is 3. The summed E-state index contributed by atoms with van der Waals surface area (Å²) < 4.78 is 9.51. The first kappa shape index (κ1) is 33.6. The van der Waals surface area contributed by atoms with Gasteiger partial charge in [0.05, 0.1) is 42.0 Å². The summed E-state index contributed by atoms with van der Waals surface area (Å²) in [6, 6.07) is 17.9. The average molecular weight is 705 g/mol. The third-order valence-electron chi connectivity index (χ3n) is 8.09. The molecule has 0 radical (unpaired) electrons. The van der Waals surface area contributed by atoms with Crippen LogP contribution >= 0.6 is 35.6 Å². The standard InChI is InChI=1S/C20H20ClNO3.C13H17NO2.HI/c1-20(2)11-13-9-8-12(19(24)25-3)10-15(13)17(20)22-18(23)14-6-4-5-7-16(14)21;1-13(2)7-9-5-4-8(12(15)16-3)6-10(9)11(13)14;/h4-10,17H,11H2,1-3H3,(H,22,23);4-6,11H,7,14H2,1-3H3;1H. The van der Waals surface area contributed by atoms with Crippen molar-refractivity contribution in [2.45, 2.75) is 52.6 Å². The van der Waals surface area contributed by atoms with Crippen molar-refractivity contribution in [2.24, 2.45) is 16.6 Å². The van der Waals surface area contributed by atoms with Crippen LogP contribution in [0.2, 0.25) is 5.02 Å². The maximum atomic E-state index is 12.7. The number of nitrogens with two attached hydrogens (primary N) is 1. The molecule has 9 heteroatoms. The smallest absolute Gasteiger partial charge is 0.337 e. The minimum Gasteiger partial charge on any atom is -0.465 e. The van der Waals surface area contributed by atoms with Crippen LogP contribution < -0.4 is 11.1 Å². The number of fused-ring (bicyclic) bond motifs is 2. The Balaban J connectivity index is 0.000000247. The Hall–Kier alpha value is -2.95. The molecule has 3 aromatic rings. The normalized spacial score (nSPS) is 18.8. The van der Waals surface area contributed by atoms with Crippen molar-refractivity contribution in [3.05, 3.63) is 105 Å². The maximum absolute atomic E-state index is 12.7. The molecule has 2 aliphatic carbocycles. The van der Waals surface area contributed by atoms with Crippen molar-refractivity contribution in [1.29, 1.82) is 0 Å². The Morgan fingerprint density at radius 3 is 1.86 bits per heavy atom. The highest BCUT2D eigenvalue weighted by Crippen LogP contribution is 2.46. The molecule has 0 saturated heterocycles. The maximum Gasteiger partial charge on any atom is 0.337 e. The van der Waals surface area contributed by atoms with Crippen molar-refractivity contribution in [2.75, 3.05) is 14.2 Å². The number of ether oxygens (including phenoxy) is 2. The van der Waals surface area contributed by atoms with Crippen LogP contribution in [0.5, 0.6) is 0 Å². The number of hydrogen-bond donors (Lipinski definition) is 2. The number of benzene rings is 3. The summed E-state index contributed by atoms with van der Waals surface area (Å²) in [6.07, 6.45) is 1.78. The first-order chi connectivity index (χ1) is 19.3. The summed E-state index contributed by atoms with van der Waals surface area (Å²) in [5.74, 6) is -0.914. The molecule has 3 N–H and O–H groups in total. The van der Waals surface area contributed by atoms with E-state index in [0.29, 0.717) is 21.7 Å². The molecule has 7 nitrogen and oxygen atoms in total. The first-order valence-corrected chi connectivity index (χ1v) is 13.9. The van der Waals surface area contributed by atoms with Crippen LogP contribution in [0.4, 0.5) is 0 Å². The van der Waals surface area contributed by atoms with Crippen LogP contribution in [0.15, 0.2) is 60.7 Å². The molecular formula is C33H38ClIN2O5. The molecule has 224 valence electrons. The minimum atomic E-state index is -0.385. The Kier molecular flexibility index (Phi) is 10.5. The molecule has 0 heterocycles. The van der Waals surface area contributed by atoms with Gasteiger partial charge in [-0.15, -0.1) is 24.0 Å². The zero-order chi connectivity index (χ0) is 30.1. The number of rotatable bonds is 4. The molecule has 5 rings (SSSR count). The Labute approximate surface area is 269 Å². The van der Waals surface area contributed by atoms with Crippen molar-refractivity contribution in [3.63, 3.8) is 0 Å². The van der Waals surface area contributed by atoms with Gasteiger partial charge in [0, 0.05) is 6.04 Å². The van der Waals surface area contributed by atoms with Crippen LogP contribution in [0.25, 0.3) is 0 Å². The molecule has 42 heavy (non-hydrogen) atoms. The predicted molar refractivity (Wildman–Crippen MR) is 175 cm³/mol. The van der Waals surface area contributed by atoms with Gasteiger partial charge in [-0.2, -0.15) is 0 Å². The van der Waals surface area contributed by atoms with Crippen LogP contribution in [0.3, 0.4) is 0 Å². The summed E-state index contributed by atoms with van der Waals surface area (Å²) in [6.45, 7) is 8.50. The lowest BCUT2D eigenvalue weighted by Crippen LogP contribution is -2.35. The molecule has 2 unspecified atom stereocenters. The molecule has 0 bridgehead atoms. The highest BCUT2D eigenvalue weighted by molar-refractivity contribution is 14.0. The fourth-order valence-electron chi connectivity index (χ4n) is 5.72. The minimum absolute atomic E-state index is 0. The van der Waals surface area contributed by atoms with Crippen LogP contribution in [-0.2, 0) is 22.3 Å². The van der Waals surface area contributed by atoms with Gasteiger partial charge in [0.2, 0.25) is 0 Å². The number of esters is 2. The van der Waals surface area contributed by atoms with Gasteiger partial charge in [-0.25, -0.2) is 9.59 Å². The average Bonchev–Trinajstić information content (AvgIpc) is 3.33. The van der Waals surface area contributed by atoms with E-state index in [4.69, 9.17) is 26.8 Å². The second-order valence-electron chi connectivity index (χ2n) is 12.0. The molecule has 0 aromatic heterocycles. The van der Waals surface area contributed by atoms with E-state index in [0.717, 1.165) is 29.5 Å². The van der Waals surface area contributed by atoms with Gasteiger partial charge in [-0.3, -0.25) is 4.79 Å². The summed E-state index contributed by atoms with van der Waals surface area (Å²) in [7, 11) is 2.75. The summed E-state index contributed by atoms with van der Waals surface area (Å²) in [5, 5.41) is 3.51. The molecule has 0 spiro atoms. The van der Waals surface area contributed by atoms with Crippen LogP contribution in [0, 0.1) is 10.8 Å². The van der Waals surface area contributed by atoms with Gasteiger partial charge < -0.3 is 20.5 Å². The molecule has 2 atom stereocenters. The summed E-state index contributed by atoms with van der Waals surface area (Å²) >= 11 is 6.14. The van der Waals surface area contributed by atoms with Gasteiger partial charge in [-0.05, 0) is 82.3 Å². The predicted octanol–water partition coefficient (Wildman–Crippen LogP) is 6.85. The first-order valence-electron chi connectivity index (χ1n) is 13.5. The van der Waals surface area contributed by atoms with Gasteiger partial charge in [0.1, 0.15) is 0 Å². The van der Waals surface area contributed by atoms with E-state index >= 15 is 0 Å². The van der Waals surface area contributed by atoms with Crippen LogP contribution in [-0.4, -0.2) is 32.1 Å². The number of hydrogen-bond acceptors (Lipinski definition) is 6. The highest BCUT2D eigenvalue weighted by atomic mass is 127. The summed E-state index contributed by atoms with van der Waals surface area (Å²) in [4.78, 5) is 36.0. The molecule has 3 aromatic carbocycles. The van der Waals surface area contributed by atoms with Gasteiger partial charge in [0.25, 0.3) is 5.91 Å². The largest absolute Gasteiger partial charge is 0.465 e. The van der Waals surface area contributed by atoms with E-state index < -0.39 is 0 Å². The van der Waals surface area contributed by atoms with Crippen molar-refractivity contribution in [1.82, 2.24) is 5.32 Å². The number of nitrogens with one attached hydrogen (secondary N) is 1. The van der Waals surface area contributed by atoms with E-state index in [-0.39, 0.29) is 64.7 Å². The van der Waals surface area contributed by atoms with E-state index in [1.807, 2.05) is 24.3 Å². The summed E-state index contributed by atoms with van der Waals surface area (Å²) in [5.41, 5.74) is 12.0. The Morgan fingerprint density at radius 1 is 0.810 bits per heavy atom. The van der Waals surface area contributed by atoms with Crippen molar-refractivity contribution < 1.29 is 23.9 Å². The zero-order valence-electron chi connectivity index (χ0n) is 24.7.